The first-order chi connectivity index (χ1) is 11.2. The van der Waals surface area contributed by atoms with Gasteiger partial charge in [0.2, 0.25) is 0 Å². The van der Waals surface area contributed by atoms with Gasteiger partial charge in [-0.3, -0.25) is 28.3 Å². The quantitative estimate of drug-likeness (QED) is 0.250. The fourth-order valence-corrected chi connectivity index (χ4v) is 3.80. The molecular weight excluding hydrogens is 406 g/mol. The Labute approximate surface area is 167 Å². The maximum atomic E-state index is 13.5. The van der Waals surface area contributed by atoms with Gasteiger partial charge in [0.05, 0.1) is 22.9 Å². The van der Waals surface area contributed by atoms with Crippen molar-refractivity contribution in [3.63, 3.8) is 0 Å². The number of hydrogen-bond acceptors (Lipinski definition) is 3. The first-order valence-electron chi connectivity index (χ1n) is 8.83. The lowest BCUT2D eigenvalue weighted by Crippen LogP contribution is -2.22. The highest BCUT2D eigenvalue weighted by atomic mass is 32.2. The molecule has 0 N–H and O–H groups in total. The van der Waals surface area contributed by atoms with Crippen molar-refractivity contribution in [3.05, 3.63) is 30.1 Å². The van der Waals surface area contributed by atoms with E-state index in [9.17, 15) is 9.18 Å². The molecular formula is C19H32F6O2S. The summed E-state index contributed by atoms with van der Waals surface area (Å²) in [6.07, 6.45) is 10.6. The van der Waals surface area contributed by atoms with Gasteiger partial charge in [-0.2, -0.15) is 0 Å². The maximum absolute atomic E-state index is 13.5. The van der Waals surface area contributed by atoms with Crippen molar-refractivity contribution in [2.24, 2.45) is 11.8 Å². The van der Waals surface area contributed by atoms with E-state index >= 15 is 0 Å². The van der Waals surface area contributed by atoms with Crippen molar-refractivity contribution in [1.82, 2.24) is 0 Å². The van der Waals surface area contributed by atoms with Crippen LogP contribution in [0.2, 0.25) is 0 Å². The van der Waals surface area contributed by atoms with Gasteiger partial charge >= 0.3 is 5.97 Å². The summed E-state index contributed by atoms with van der Waals surface area (Å²) in [6, 6.07) is 6.37. The molecule has 1 aromatic carbocycles. The van der Waals surface area contributed by atoms with Crippen LogP contribution in [0.1, 0.15) is 64.7 Å². The molecule has 1 fully saturated rings. The third-order valence-electron chi connectivity index (χ3n) is 4.70. The Morgan fingerprint density at radius 3 is 2.18 bits per heavy atom. The minimum Gasteiger partial charge on any atom is -0.386 e. The van der Waals surface area contributed by atoms with Crippen LogP contribution in [-0.2, 0) is 8.98 Å². The zero-order valence-corrected chi connectivity index (χ0v) is 16.8. The lowest BCUT2D eigenvalue weighted by atomic mass is 9.80. The van der Waals surface area contributed by atoms with Gasteiger partial charge in [-0.15, -0.1) is 0 Å². The summed E-state index contributed by atoms with van der Waals surface area (Å²) in [7, 11) is 0. The summed E-state index contributed by atoms with van der Waals surface area (Å²) in [5.41, 5.74) is 0. The first kappa shape index (κ1) is 34.1. The summed E-state index contributed by atoms with van der Waals surface area (Å²) >= 11 is 0.844. The summed E-state index contributed by atoms with van der Waals surface area (Å²) in [5, 5.41) is 0. The average molecular weight is 439 g/mol. The molecule has 0 atom stereocenters. The molecule has 0 bridgehead atoms. The molecule has 168 valence electrons. The highest BCUT2D eigenvalue weighted by Crippen LogP contribution is 2.34. The number of unbranched alkanes of at least 4 members (excludes halogenated alkanes) is 3. The number of carbonyl (C=O) groups is 1. The lowest BCUT2D eigenvalue weighted by Gasteiger charge is -2.26. The van der Waals surface area contributed by atoms with Crippen molar-refractivity contribution >= 4 is 18.0 Å². The van der Waals surface area contributed by atoms with E-state index in [2.05, 4.69) is 6.92 Å². The van der Waals surface area contributed by atoms with E-state index in [0.29, 0.717) is 4.90 Å². The van der Waals surface area contributed by atoms with E-state index in [1.165, 1.54) is 38.2 Å². The Morgan fingerprint density at radius 1 is 1.00 bits per heavy atom. The van der Waals surface area contributed by atoms with E-state index in [1.807, 2.05) is 0 Å². The van der Waals surface area contributed by atoms with Gasteiger partial charge in [0.25, 0.3) is 0 Å². The Morgan fingerprint density at radius 2 is 1.61 bits per heavy atom. The Balaban J connectivity index is -0.000000576. The smallest absolute Gasteiger partial charge is 0.321 e. The molecule has 0 radical (unpaired) electrons. The van der Waals surface area contributed by atoms with Gasteiger partial charge in [0, 0.05) is 0 Å². The zero-order chi connectivity index (χ0) is 16.5. The number of rotatable bonds is 8. The van der Waals surface area contributed by atoms with Crippen molar-refractivity contribution < 1.29 is 36.9 Å². The third kappa shape index (κ3) is 11.5. The van der Waals surface area contributed by atoms with Gasteiger partial charge in [0.15, 0.2) is 0 Å². The Kier molecular flexibility index (Phi) is 23.1. The van der Waals surface area contributed by atoms with E-state index < -0.39 is 0 Å². The molecule has 0 unspecified atom stereocenters. The number of hydrogen-bond donors (Lipinski definition) is 0. The van der Waals surface area contributed by atoms with Crippen molar-refractivity contribution in [2.75, 3.05) is 0 Å². The molecule has 0 amide bonds. The molecule has 0 aliphatic heterocycles. The minimum absolute atomic E-state index is 0. The lowest BCUT2D eigenvalue weighted by molar-refractivity contribution is -0.138. The van der Waals surface area contributed by atoms with Gasteiger partial charge in [-0.1, -0.05) is 51.2 Å². The second-order valence-corrected chi connectivity index (χ2v) is 7.26. The molecule has 0 aromatic heterocycles. The molecule has 1 aliphatic carbocycles. The number of carbonyl (C=O) groups excluding carboxylic acids is 1. The molecule has 0 heterocycles. The molecule has 2 nitrogen and oxygen atoms in total. The molecule has 1 aromatic rings. The minimum atomic E-state index is -0.346. The largest absolute Gasteiger partial charge is 0.386 e. The van der Waals surface area contributed by atoms with Gasteiger partial charge in [-0.25, -0.2) is 4.39 Å². The van der Waals surface area contributed by atoms with Crippen LogP contribution in [0, 0.1) is 17.7 Å². The van der Waals surface area contributed by atoms with E-state index in [0.717, 1.165) is 43.6 Å². The van der Waals surface area contributed by atoms with Crippen molar-refractivity contribution in [1.29, 1.82) is 0 Å². The molecule has 1 saturated carbocycles. The van der Waals surface area contributed by atoms with Crippen molar-refractivity contribution in [3.8, 4) is 0 Å². The summed E-state index contributed by atoms with van der Waals surface area (Å²) in [4.78, 5) is 12.5. The van der Waals surface area contributed by atoms with Gasteiger partial charge < -0.3 is 4.18 Å². The van der Waals surface area contributed by atoms with Crippen LogP contribution in [0.4, 0.5) is 27.9 Å². The van der Waals surface area contributed by atoms with Crippen LogP contribution in [-0.4, -0.2) is 5.97 Å². The summed E-state index contributed by atoms with van der Waals surface area (Å²) < 4.78 is 18.7. The molecule has 0 saturated heterocycles. The van der Waals surface area contributed by atoms with Crippen LogP contribution in [0.25, 0.3) is 0 Å². The number of halogens is 6. The van der Waals surface area contributed by atoms with Crippen LogP contribution >= 0.6 is 12.0 Å². The van der Waals surface area contributed by atoms with Gasteiger partial charge in [-0.05, 0) is 43.7 Å². The van der Waals surface area contributed by atoms with Crippen LogP contribution in [0.3, 0.4) is 0 Å². The van der Waals surface area contributed by atoms with E-state index in [4.69, 9.17) is 4.18 Å². The predicted octanol–water partition coefficient (Wildman–Crippen LogP) is 6.92. The topological polar surface area (TPSA) is 26.3 Å². The summed E-state index contributed by atoms with van der Waals surface area (Å²) in [6.45, 7) is 2.23. The molecule has 28 heavy (non-hydrogen) atoms. The maximum Gasteiger partial charge on any atom is 0.321 e. The van der Waals surface area contributed by atoms with Crippen LogP contribution < -0.4 is 0 Å². The fourth-order valence-electron chi connectivity index (χ4n) is 3.21. The Hall–Kier alpha value is -1.38. The fraction of sp³-hybridized carbons (Fsp3) is 0.632. The average Bonchev–Trinajstić information content (AvgIpc) is 2.58. The molecule has 1 aliphatic rings. The van der Waals surface area contributed by atoms with E-state index in [-0.39, 0.29) is 41.2 Å². The molecule has 0 spiro atoms. The van der Waals surface area contributed by atoms with Gasteiger partial charge in [0.1, 0.15) is 5.82 Å². The molecule has 2 rings (SSSR count). The van der Waals surface area contributed by atoms with Crippen LogP contribution in [0.5, 0.6) is 0 Å². The highest BCUT2D eigenvalue weighted by molar-refractivity contribution is 7.95. The van der Waals surface area contributed by atoms with Crippen LogP contribution in [0.15, 0.2) is 29.2 Å². The summed E-state index contributed by atoms with van der Waals surface area (Å²) in [5.74, 6) is 0.222. The Bertz CT molecular complexity index is 499. The number of benzene rings is 1. The van der Waals surface area contributed by atoms with Crippen molar-refractivity contribution in [2.45, 2.75) is 69.6 Å². The standard InChI is InChI=1S/C19H27FO2S.5FH/c1-2-3-4-5-8-15-11-13-16(14-12-15)19(21)22-23-18-10-7-6-9-17(18)20;;;;;/h6-7,9-10,15-16H,2-5,8,11-14H2,1H3;5*1H. The normalized spacial score (nSPS) is 17.4. The van der Waals surface area contributed by atoms with E-state index in [1.54, 1.807) is 18.2 Å². The second-order valence-electron chi connectivity index (χ2n) is 6.48. The zero-order valence-electron chi connectivity index (χ0n) is 16.0. The molecule has 9 heteroatoms. The highest BCUT2D eigenvalue weighted by Gasteiger charge is 2.27. The monoisotopic (exact) mass is 438 g/mol. The SMILES string of the molecule is CCCCCCC1CCC(C(=O)OSc2ccccc2F)CC1.F.F.F.F.F. The first-order valence-corrected chi connectivity index (χ1v) is 9.57. The predicted molar refractivity (Wildman–Crippen MR) is 105 cm³/mol. The second kappa shape index (κ2) is 19.0. The third-order valence-corrected chi connectivity index (χ3v) is 5.45.